The maximum Gasteiger partial charge on any atom is 0.261 e. The summed E-state index contributed by atoms with van der Waals surface area (Å²) in [5.74, 6) is -0.502. The lowest BCUT2D eigenvalue weighted by Crippen LogP contribution is -2.12. The third kappa shape index (κ3) is 2.77. The van der Waals surface area contributed by atoms with Gasteiger partial charge in [-0.05, 0) is 49.2 Å². The predicted molar refractivity (Wildman–Crippen MR) is 90.2 cm³/mol. The highest BCUT2D eigenvalue weighted by Crippen LogP contribution is 2.30. The molecule has 3 rings (SSSR count). The molecule has 2 N–H and O–H groups in total. The van der Waals surface area contributed by atoms with Crippen LogP contribution >= 0.6 is 22.9 Å². The molecule has 3 aromatic rings. The number of phenolic OH excluding ortho intramolecular Hbond substituents is 1. The van der Waals surface area contributed by atoms with Crippen LogP contribution in [0.25, 0.3) is 10.2 Å². The smallest absolute Gasteiger partial charge is 0.261 e. The lowest BCUT2D eigenvalue weighted by molar-refractivity contribution is 0.102. The van der Waals surface area contributed by atoms with Crippen LogP contribution in [-0.2, 0) is 0 Å². The first-order valence-electron chi connectivity index (χ1n) is 6.61. The van der Waals surface area contributed by atoms with Crippen LogP contribution in [0.4, 0.5) is 5.13 Å². The summed E-state index contributed by atoms with van der Waals surface area (Å²) < 4.78 is 0.993. The summed E-state index contributed by atoms with van der Waals surface area (Å²) in [6, 6.07) is 8.98. The van der Waals surface area contributed by atoms with E-state index in [2.05, 4.69) is 10.3 Å². The van der Waals surface area contributed by atoms with Crippen LogP contribution in [-0.4, -0.2) is 16.0 Å². The van der Waals surface area contributed by atoms with Gasteiger partial charge in [0.05, 0.1) is 15.8 Å². The van der Waals surface area contributed by atoms with Crippen molar-refractivity contribution in [2.75, 3.05) is 5.32 Å². The first-order chi connectivity index (χ1) is 10.4. The van der Waals surface area contributed by atoms with Gasteiger partial charge < -0.3 is 5.11 Å². The van der Waals surface area contributed by atoms with Crippen LogP contribution in [0.3, 0.4) is 0 Å². The van der Waals surface area contributed by atoms with E-state index in [1.165, 1.54) is 17.4 Å². The molecule has 0 spiro atoms. The molecule has 0 fully saturated rings. The van der Waals surface area contributed by atoms with Crippen molar-refractivity contribution in [1.82, 2.24) is 4.98 Å². The van der Waals surface area contributed by atoms with Gasteiger partial charge in [-0.1, -0.05) is 29.0 Å². The Morgan fingerprint density at radius 3 is 2.82 bits per heavy atom. The van der Waals surface area contributed by atoms with E-state index >= 15 is 0 Å². The Labute approximate surface area is 136 Å². The number of aromatic nitrogens is 1. The average Bonchev–Trinajstić information content (AvgIpc) is 2.83. The molecule has 112 valence electrons. The third-order valence-electron chi connectivity index (χ3n) is 3.27. The molecule has 0 aliphatic heterocycles. The Morgan fingerprint density at radius 2 is 2.05 bits per heavy atom. The minimum absolute atomic E-state index is 0.0705. The maximum atomic E-state index is 12.3. The van der Waals surface area contributed by atoms with E-state index in [4.69, 9.17) is 11.6 Å². The van der Waals surface area contributed by atoms with E-state index in [-0.39, 0.29) is 11.3 Å². The monoisotopic (exact) mass is 332 g/mol. The number of thiazole rings is 1. The van der Waals surface area contributed by atoms with Crippen LogP contribution in [0.15, 0.2) is 30.3 Å². The molecule has 0 saturated carbocycles. The van der Waals surface area contributed by atoms with Gasteiger partial charge in [-0.15, -0.1) is 0 Å². The highest BCUT2D eigenvalue weighted by atomic mass is 35.5. The highest BCUT2D eigenvalue weighted by molar-refractivity contribution is 7.22. The summed E-state index contributed by atoms with van der Waals surface area (Å²) in [7, 11) is 0. The van der Waals surface area contributed by atoms with Gasteiger partial charge in [-0.2, -0.15) is 0 Å². The molecule has 0 saturated heterocycles. The van der Waals surface area contributed by atoms with Gasteiger partial charge in [0, 0.05) is 5.02 Å². The van der Waals surface area contributed by atoms with Gasteiger partial charge in [-0.3, -0.25) is 10.1 Å². The first-order valence-corrected chi connectivity index (χ1v) is 7.81. The number of phenols is 1. The highest BCUT2D eigenvalue weighted by Gasteiger charge is 2.16. The SMILES string of the molecule is Cc1ccc2sc(NC(=O)c3cc(Cl)cc(C)c3O)nc2c1. The van der Waals surface area contributed by atoms with Crippen molar-refractivity contribution in [2.24, 2.45) is 0 Å². The number of hydrogen-bond acceptors (Lipinski definition) is 4. The average molecular weight is 333 g/mol. The van der Waals surface area contributed by atoms with Crippen molar-refractivity contribution in [2.45, 2.75) is 13.8 Å². The zero-order chi connectivity index (χ0) is 15.9. The number of halogens is 1. The maximum absolute atomic E-state index is 12.3. The number of anilines is 1. The summed E-state index contributed by atoms with van der Waals surface area (Å²) >= 11 is 7.33. The van der Waals surface area contributed by atoms with E-state index in [0.717, 1.165) is 15.8 Å². The molecule has 0 aliphatic rings. The van der Waals surface area contributed by atoms with Crippen molar-refractivity contribution in [3.8, 4) is 5.75 Å². The summed E-state index contributed by atoms with van der Waals surface area (Å²) in [4.78, 5) is 16.7. The summed E-state index contributed by atoms with van der Waals surface area (Å²) in [5, 5.41) is 13.6. The number of nitrogens with zero attached hydrogens (tertiary/aromatic N) is 1. The van der Waals surface area contributed by atoms with E-state index in [1.807, 2.05) is 25.1 Å². The molecule has 0 bridgehead atoms. The van der Waals surface area contributed by atoms with Gasteiger partial charge in [0.25, 0.3) is 5.91 Å². The lowest BCUT2D eigenvalue weighted by atomic mass is 10.1. The Kier molecular flexibility index (Phi) is 3.76. The molecule has 1 amide bonds. The molecule has 22 heavy (non-hydrogen) atoms. The first kappa shape index (κ1) is 14.8. The minimum atomic E-state index is -0.432. The Hall–Kier alpha value is -2.11. The number of fused-ring (bicyclic) bond motifs is 1. The number of rotatable bonds is 2. The van der Waals surface area contributed by atoms with Crippen LogP contribution in [0.5, 0.6) is 5.75 Å². The largest absolute Gasteiger partial charge is 0.507 e. The molecule has 0 aliphatic carbocycles. The molecule has 1 aromatic heterocycles. The van der Waals surface area contributed by atoms with Crippen molar-refractivity contribution in [3.05, 3.63) is 52.0 Å². The predicted octanol–water partition coefficient (Wildman–Crippen LogP) is 4.52. The van der Waals surface area contributed by atoms with Gasteiger partial charge in [0.15, 0.2) is 5.13 Å². The molecule has 4 nitrogen and oxygen atoms in total. The van der Waals surface area contributed by atoms with Crippen LogP contribution in [0.1, 0.15) is 21.5 Å². The number of carbonyl (C=O) groups is 1. The fraction of sp³-hybridized carbons (Fsp3) is 0.125. The molecule has 6 heteroatoms. The van der Waals surface area contributed by atoms with E-state index < -0.39 is 5.91 Å². The second kappa shape index (κ2) is 5.59. The Balaban J connectivity index is 1.93. The molecule has 1 heterocycles. The number of aryl methyl sites for hydroxylation is 2. The van der Waals surface area contributed by atoms with Crippen LogP contribution in [0, 0.1) is 13.8 Å². The van der Waals surface area contributed by atoms with Crippen LogP contribution < -0.4 is 5.32 Å². The van der Waals surface area contributed by atoms with Crippen molar-refractivity contribution >= 4 is 44.2 Å². The molecular formula is C16H13ClN2O2S. The van der Waals surface area contributed by atoms with Crippen molar-refractivity contribution < 1.29 is 9.90 Å². The minimum Gasteiger partial charge on any atom is -0.507 e. The van der Waals surface area contributed by atoms with Crippen LogP contribution in [0.2, 0.25) is 5.02 Å². The fourth-order valence-corrected chi connectivity index (χ4v) is 3.28. The standard InChI is InChI=1S/C16H13ClN2O2S/c1-8-3-4-13-12(5-8)18-16(22-13)19-15(21)11-7-10(17)6-9(2)14(11)20/h3-7,20H,1-2H3,(H,18,19,21). The molecule has 0 unspecified atom stereocenters. The van der Waals surface area contributed by atoms with Gasteiger partial charge in [0.2, 0.25) is 0 Å². The summed E-state index contributed by atoms with van der Waals surface area (Å²) in [6.45, 7) is 3.68. The summed E-state index contributed by atoms with van der Waals surface area (Å²) in [6.07, 6.45) is 0. The second-order valence-electron chi connectivity index (χ2n) is 5.06. The molecule has 2 aromatic carbocycles. The van der Waals surface area contributed by atoms with Crippen molar-refractivity contribution in [1.29, 1.82) is 0 Å². The number of amides is 1. The topological polar surface area (TPSA) is 62.2 Å². The lowest BCUT2D eigenvalue weighted by Gasteiger charge is -2.07. The Bertz CT molecular complexity index is 889. The zero-order valence-electron chi connectivity index (χ0n) is 12.0. The fourth-order valence-electron chi connectivity index (χ4n) is 2.16. The second-order valence-corrected chi connectivity index (χ2v) is 6.53. The summed E-state index contributed by atoms with van der Waals surface area (Å²) in [5.41, 5.74) is 2.64. The van der Waals surface area contributed by atoms with Gasteiger partial charge in [-0.25, -0.2) is 4.98 Å². The molecule has 0 atom stereocenters. The molecule has 0 radical (unpaired) electrons. The van der Waals surface area contributed by atoms with E-state index in [0.29, 0.717) is 15.7 Å². The number of aromatic hydroxyl groups is 1. The normalized spacial score (nSPS) is 10.9. The van der Waals surface area contributed by atoms with E-state index in [1.54, 1.807) is 13.0 Å². The van der Waals surface area contributed by atoms with Crippen molar-refractivity contribution in [3.63, 3.8) is 0 Å². The molecular weight excluding hydrogens is 320 g/mol. The zero-order valence-corrected chi connectivity index (χ0v) is 13.5. The Morgan fingerprint density at radius 1 is 1.27 bits per heavy atom. The number of hydrogen-bond donors (Lipinski definition) is 2. The van der Waals surface area contributed by atoms with Gasteiger partial charge >= 0.3 is 0 Å². The number of carbonyl (C=O) groups excluding carboxylic acids is 1. The number of benzene rings is 2. The number of nitrogens with one attached hydrogen (secondary N) is 1. The third-order valence-corrected chi connectivity index (χ3v) is 4.44. The van der Waals surface area contributed by atoms with Gasteiger partial charge in [0.1, 0.15) is 5.75 Å². The van der Waals surface area contributed by atoms with E-state index in [9.17, 15) is 9.90 Å². The quantitative estimate of drug-likeness (QED) is 0.725.